The number of fused-ring (bicyclic) bond motifs is 1. The normalized spacial score (nSPS) is 14.6. The van der Waals surface area contributed by atoms with Crippen molar-refractivity contribution in [3.05, 3.63) is 53.6 Å². The molecular formula is C17H20N2O. The van der Waals surface area contributed by atoms with Gasteiger partial charge >= 0.3 is 0 Å². The van der Waals surface area contributed by atoms with E-state index in [1.165, 1.54) is 11.1 Å². The molecule has 3 nitrogen and oxygen atoms in total. The van der Waals surface area contributed by atoms with Crippen LogP contribution >= 0.6 is 0 Å². The standard InChI is InChI=1S/C17H20N2O/c1-20-15-8-9-16(18)17(11-15)19-10-4-7-13-5-2-3-6-14(13)12-19/h2-3,5-6,8-9,11H,4,7,10,12,18H2,1H3. The Morgan fingerprint density at radius 1 is 1.10 bits per heavy atom. The van der Waals surface area contributed by atoms with Gasteiger partial charge in [0.1, 0.15) is 5.75 Å². The largest absolute Gasteiger partial charge is 0.497 e. The maximum Gasteiger partial charge on any atom is 0.121 e. The van der Waals surface area contributed by atoms with E-state index in [2.05, 4.69) is 29.2 Å². The van der Waals surface area contributed by atoms with E-state index < -0.39 is 0 Å². The number of hydrogen-bond acceptors (Lipinski definition) is 3. The van der Waals surface area contributed by atoms with Crippen LogP contribution in [0.15, 0.2) is 42.5 Å². The van der Waals surface area contributed by atoms with Crippen LogP contribution in [0.2, 0.25) is 0 Å². The molecule has 0 bridgehead atoms. The van der Waals surface area contributed by atoms with Gasteiger partial charge < -0.3 is 15.4 Å². The molecule has 1 heterocycles. The second-order valence-electron chi connectivity index (χ2n) is 5.22. The summed E-state index contributed by atoms with van der Waals surface area (Å²) in [5.41, 5.74) is 10.9. The first kappa shape index (κ1) is 12.9. The number of nitrogen functional groups attached to an aromatic ring is 1. The molecule has 0 unspecified atom stereocenters. The van der Waals surface area contributed by atoms with E-state index in [4.69, 9.17) is 10.5 Å². The lowest BCUT2D eigenvalue weighted by Crippen LogP contribution is -2.23. The summed E-state index contributed by atoms with van der Waals surface area (Å²) >= 11 is 0. The summed E-state index contributed by atoms with van der Waals surface area (Å²) in [7, 11) is 1.69. The maximum atomic E-state index is 6.15. The zero-order valence-electron chi connectivity index (χ0n) is 11.8. The third-order valence-electron chi connectivity index (χ3n) is 3.93. The van der Waals surface area contributed by atoms with Crippen molar-refractivity contribution >= 4 is 11.4 Å². The van der Waals surface area contributed by atoms with Crippen LogP contribution < -0.4 is 15.4 Å². The number of hydrogen-bond donors (Lipinski definition) is 1. The molecule has 0 saturated carbocycles. The van der Waals surface area contributed by atoms with Crippen LogP contribution in [0.1, 0.15) is 17.5 Å². The Balaban J connectivity index is 1.95. The van der Waals surface area contributed by atoms with Crippen molar-refractivity contribution in [1.29, 1.82) is 0 Å². The van der Waals surface area contributed by atoms with Gasteiger partial charge in [0.05, 0.1) is 18.5 Å². The maximum absolute atomic E-state index is 6.15. The van der Waals surface area contributed by atoms with Crippen molar-refractivity contribution < 1.29 is 4.74 Å². The van der Waals surface area contributed by atoms with Crippen molar-refractivity contribution in [3.8, 4) is 5.75 Å². The Morgan fingerprint density at radius 3 is 2.70 bits per heavy atom. The molecule has 3 heteroatoms. The van der Waals surface area contributed by atoms with E-state index >= 15 is 0 Å². The van der Waals surface area contributed by atoms with Gasteiger partial charge in [0, 0.05) is 19.2 Å². The van der Waals surface area contributed by atoms with Crippen molar-refractivity contribution in [1.82, 2.24) is 0 Å². The fourth-order valence-electron chi connectivity index (χ4n) is 2.83. The quantitative estimate of drug-likeness (QED) is 0.850. The van der Waals surface area contributed by atoms with Crippen LogP contribution in [-0.4, -0.2) is 13.7 Å². The van der Waals surface area contributed by atoms with Gasteiger partial charge in [-0.15, -0.1) is 0 Å². The van der Waals surface area contributed by atoms with Crippen molar-refractivity contribution in [2.24, 2.45) is 0 Å². The Morgan fingerprint density at radius 2 is 1.90 bits per heavy atom. The van der Waals surface area contributed by atoms with Gasteiger partial charge in [-0.2, -0.15) is 0 Å². The van der Waals surface area contributed by atoms with Crippen molar-refractivity contribution in [2.45, 2.75) is 19.4 Å². The van der Waals surface area contributed by atoms with Gasteiger partial charge in [0.15, 0.2) is 0 Å². The van der Waals surface area contributed by atoms with Crippen LogP contribution in [-0.2, 0) is 13.0 Å². The predicted molar refractivity (Wildman–Crippen MR) is 83.2 cm³/mol. The second kappa shape index (κ2) is 5.45. The summed E-state index contributed by atoms with van der Waals surface area (Å²) in [6.45, 7) is 1.93. The molecular weight excluding hydrogens is 248 g/mol. The van der Waals surface area contributed by atoms with Crippen LogP contribution in [0, 0.1) is 0 Å². The molecule has 1 aliphatic heterocycles. The summed E-state index contributed by atoms with van der Waals surface area (Å²) in [6.07, 6.45) is 2.28. The lowest BCUT2D eigenvalue weighted by atomic mass is 10.0. The molecule has 2 N–H and O–H groups in total. The summed E-state index contributed by atoms with van der Waals surface area (Å²) < 4.78 is 5.32. The molecule has 2 aromatic rings. The Hall–Kier alpha value is -2.16. The number of methoxy groups -OCH3 is 1. The highest BCUT2D eigenvalue weighted by atomic mass is 16.5. The molecule has 0 radical (unpaired) electrons. The van der Waals surface area contributed by atoms with Crippen molar-refractivity contribution in [3.63, 3.8) is 0 Å². The molecule has 0 amide bonds. The minimum Gasteiger partial charge on any atom is -0.497 e. The summed E-state index contributed by atoms with van der Waals surface area (Å²) in [5.74, 6) is 0.853. The number of aryl methyl sites for hydroxylation is 1. The van der Waals surface area contributed by atoms with E-state index in [1.807, 2.05) is 18.2 Å². The van der Waals surface area contributed by atoms with E-state index in [9.17, 15) is 0 Å². The molecule has 0 aromatic heterocycles. The highest BCUT2D eigenvalue weighted by Gasteiger charge is 2.16. The van der Waals surface area contributed by atoms with Gasteiger partial charge in [-0.05, 0) is 36.1 Å². The Labute approximate surface area is 120 Å². The molecule has 0 fully saturated rings. The molecule has 0 spiro atoms. The third kappa shape index (κ3) is 2.44. The minimum atomic E-state index is 0.810. The monoisotopic (exact) mass is 268 g/mol. The minimum absolute atomic E-state index is 0.810. The molecule has 0 aliphatic carbocycles. The van der Waals surface area contributed by atoms with Crippen molar-refractivity contribution in [2.75, 3.05) is 24.3 Å². The molecule has 20 heavy (non-hydrogen) atoms. The van der Waals surface area contributed by atoms with Crippen LogP contribution in [0.25, 0.3) is 0 Å². The first-order valence-electron chi connectivity index (χ1n) is 7.03. The summed E-state index contributed by atoms with van der Waals surface area (Å²) in [4.78, 5) is 2.35. The molecule has 2 aromatic carbocycles. The Kier molecular flexibility index (Phi) is 3.50. The average Bonchev–Trinajstić information content (AvgIpc) is 2.70. The van der Waals surface area contributed by atoms with Gasteiger partial charge in [-0.3, -0.25) is 0 Å². The highest BCUT2D eigenvalue weighted by molar-refractivity contribution is 5.70. The molecule has 104 valence electrons. The number of nitrogens with zero attached hydrogens (tertiary/aromatic N) is 1. The number of rotatable bonds is 2. The predicted octanol–water partition coefficient (Wildman–Crippen LogP) is 3.23. The van der Waals surface area contributed by atoms with Gasteiger partial charge in [-0.25, -0.2) is 0 Å². The van der Waals surface area contributed by atoms with Crippen LogP contribution in [0.5, 0.6) is 5.75 Å². The first-order chi connectivity index (χ1) is 9.78. The van der Waals surface area contributed by atoms with Crippen LogP contribution in [0.4, 0.5) is 11.4 Å². The lowest BCUT2D eigenvalue weighted by molar-refractivity contribution is 0.415. The number of benzene rings is 2. The van der Waals surface area contributed by atoms with Gasteiger partial charge in [0.2, 0.25) is 0 Å². The van der Waals surface area contributed by atoms with E-state index in [0.717, 1.165) is 43.1 Å². The Bertz CT molecular complexity index is 610. The topological polar surface area (TPSA) is 38.5 Å². The summed E-state index contributed by atoms with van der Waals surface area (Å²) in [6, 6.07) is 14.5. The fourth-order valence-corrected chi connectivity index (χ4v) is 2.83. The first-order valence-corrected chi connectivity index (χ1v) is 7.03. The van der Waals surface area contributed by atoms with Crippen LogP contribution in [0.3, 0.4) is 0 Å². The molecule has 3 rings (SSSR count). The third-order valence-corrected chi connectivity index (χ3v) is 3.93. The second-order valence-corrected chi connectivity index (χ2v) is 5.22. The van der Waals surface area contributed by atoms with E-state index in [0.29, 0.717) is 0 Å². The van der Waals surface area contributed by atoms with E-state index in [1.54, 1.807) is 7.11 Å². The zero-order valence-corrected chi connectivity index (χ0v) is 11.8. The zero-order chi connectivity index (χ0) is 13.9. The number of anilines is 2. The van der Waals surface area contributed by atoms with Gasteiger partial charge in [0.25, 0.3) is 0 Å². The number of ether oxygens (including phenoxy) is 1. The average molecular weight is 268 g/mol. The highest BCUT2D eigenvalue weighted by Crippen LogP contribution is 2.31. The number of nitrogens with two attached hydrogens (primary N) is 1. The fraction of sp³-hybridized carbons (Fsp3) is 0.294. The van der Waals surface area contributed by atoms with Gasteiger partial charge in [-0.1, -0.05) is 24.3 Å². The SMILES string of the molecule is COc1ccc(N)c(N2CCCc3ccccc3C2)c1. The smallest absolute Gasteiger partial charge is 0.121 e. The summed E-state index contributed by atoms with van der Waals surface area (Å²) in [5, 5.41) is 0. The molecule has 0 saturated heterocycles. The van der Waals surface area contributed by atoms with E-state index in [-0.39, 0.29) is 0 Å². The lowest BCUT2D eigenvalue weighted by Gasteiger charge is -2.25. The molecule has 0 atom stereocenters. The molecule has 1 aliphatic rings.